The Hall–Kier alpha value is -1.10. The first-order chi connectivity index (χ1) is 10.4. The van der Waals surface area contributed by atoms with E-state index in [1.54, 1.807) is 6.92 Å². The number of piperidine rings is 1. The van der Waals surface area contributed by atoms with Gasteiger partial charge in [0.05, 0.1) is 6.10 Å². The lowest BCUT2D eigenvalue weighted by Crippen LogP contribution is -2.47. The lowest BCUT2D eigenvalue weighted by atomic mass is 9.86. The fraction of sp³-hybridized carbons (Fsp3) is 0.889. The summed E-state index contributed by atoms with van der Waals surface area (Å²) in [6.07, 6.45) is 1.74. The molecule has 1 unspecified atom stereocenters. The van der Waals surface area contributed by atoms with E-state index in [9.17, 15) is 14.7 Å². The van der Waals surface area contributed by atoms with Crippen LogP contribution in [0.1, 0.15) is 60.8 Å². The van der Waals surface area contributed by atoms with Crippen molar-refractivity contribution in [2.75, 3.05) is 19.6 Å². The van der Waals surface area contributed by atoms with Crippen molar-refractivity contribution in [1.82, 2.24) is 10.2 Å². The first-order valence-corrected chi connectivity index (χ1v) is 8.67. The van der Waals surface area contributed by atoms with E-state index in [-0.39, 0.29) is 34.7 Å². The lowest BCUT2D eigenvalue weighted by Gasteiger charge is -2.35. The second-order valence-corrected chi connectivity index (χ2v) is 8.75. The molecule has 1 atom stereocenters. The molecule has 1 heterocycles. The predicted octanol–water partition coefficient (Wildman–Crippen LogP) is 2.18. The highest BCUT2D eigenvalue weighted by Crippen LogP contribution is 2.25. The third-order valence-corrected chi connectivity index (χ3v) is 4.38. The summed E-state index contributed by atoms with van der Waals surface area (Å²) in [7, 11) is 0. The first kappa shape index (κ1) is 19.9. The van der Waals surface area contributed by atoms with Gasteiger partial charge in [-0.1, -0.05) is 34.6 Å². The Morgan fingerprint density at radius 3 is 2.13 bits per heavy atom. The number of carbonyl (C=O) groups is 2. The molecule has 0 spiro atoms. The molecule has 5 heteroatoms. The average molecular weight is 326 g/mol. The van der Waals surface area contributed by atoms with Crippen LogP contribution in [0, 0.1) is 16.7 Å². The summed E-state index contributed by atoms with van der Waals surface area (Å²) >= 11 is 0. The number of amides is 2. The maximum absolute atomic E-state index is 12.3. The third-order valence-electron chi connectivity index (χ3n) is 4.38. The summed E-state index contributed by atoms with van der Waals surface area (Å²) in [6.45, 7) is 13.5. The Morgan fingerprint density at radius 1 is 1.17 bits per heavy atom. The topological polar surface area (TPSA) is 69.6 Å². The molecule has 0 aromatic carbocycles. The molecule has 0 aromatic rings. The molecule has 1 aliphatic rings. The van der Waals surface area contributed by atoms with Crippen LogP contribution in [-0.2, 0) is 9.59 Å². The molecule has 0 radical (unpaired) electrons. The molecule has 0 bridgehead atoms. The average Bonchev–Trinajstić information content (AvgIpc) is 2.42. The summed E-state index contributed by atoms with van der Waals surface area (Å²) in [5.74, 6) is 0.224. The van der Waals surface area contributed by atoms with Crippen LogP contribution < -0.4 is 5.32 Å². The van der Waals surface area contributed by atoms with Gasteiger partial charge in [-0.2, -0.15) is 0 Å². The van der Waals surface area contributed by atoms with Crippen molar-refractivity contribution in [3.05, 3.63) is 0 Å². The van der Waals surface area contributed by atoms with Crippen molar-refractivity contribution in [1.29, 1.82) is 0 Å². The Labute approximate surface area is 140 Å². The number of carbonyl (C=O) groups excluding carboxylic acids is 2. The zero-order chi connectivity index (χ0) is 17.8. The number of aliphatic hydroxyl groups excluding tert-OH is 1. The minimum absolute atomic E-state index is 0.0126. The smallest absolute Gasteiger partial charge is 0.227 e. The van der Waals surface area contributed by atoms with Gasteiger partial charge < -0.3 is 15.3 Å². The van der Waals surface area contributed by atoms with Gasteiger partial charge in [-0.3, -0.25) is 9.59 Å². The molecule has 1 aliphatic heterocycles. The summed E-state index contributed by atoms with van der Waals surface area (Å²) in [4.78, 5) is 26.5. The van der Waals surface area contributed by atoms with E-state index in [4.69, 9.17) is 0 Å². The zero-order valence-electron chi connectivity index (χ0n) is 15.6. The number of rotatable bonds is 5. The van der Waals surface area contributed by atoms with Crippen LogP contribution in [0.25, 0.3) is 0 Å². The standard InChI is InChI=1S/C18H34N2O3/c1-13(21)11-18(5,6)12-19-15(22)14-7-9-20(10-8-14)16(23)17(2,3)4/h13-14,21H,7-12H2,1-6H3,(H,19,22). The summed E-state index contributed by atoms with van der Waals surface area (Å²) in [5.41, 5.74) is -0.479. The third kappa shape index (κ3) is 6.50. The van der Waals surface area contributed by atoms with Crippen molar-refractivity contribution < 1.29 is 14.7 Å². The van der Waals surface area contributed by atoms with Gasteiger partial charge >= 0.3 is 0 Å². The highest BCUT2D eigenvalue weighted by molar-refractivity contribution is 5.82. The van der Waals surface area contributed by atoms with Crippen molar-refractivity contribution in [2.45, 2.75) is 66.9 Å². The van der Waals surface area contributed by atoms with Gasteiger partial charge in [0.1, 0.15) is 0 Å². The van der Waals surface area contributed by atoms with Crippen molar-refractivity contribution in [2.24, 2.45) is 16.7 Å². The highest BCUT2D eigenvalue weighted by atomic mass is 16.3. The van der Waals surface area contributed by atoms with E-state index in [2.05, 4.69) is 5.32 Å². The van der Waals surface area contributed by atoms with Gasteiger partial charge in [0.25, 0.3) is 0 Å². The van der Waals surface area contributed by atoms with Crippen LogP contribution in [0.4, 0.5) is 0 Å². The maximum Gasteiger partial charge on any atom is 0.227 e. The quantitative estimate of drug-likeness (QED) is 0.813. The maximum atomic E-state index is 12.3. The summed E-state index contributed by atoms with van der Waals surface area (Å²) in [5, 5.41) is 12.5. The Kier molecular flexibility index (Phi) is 6.63. The number of aliphatic hydroxyl groups is 1. The monoisotopic (exact) mass is 326 g/mol. The zero-order valence-corrected chi connectivity index (χ0v) is 15.6. The molecule has 1 rings (SSSR count). The number of hydrogen-bond donors (Lipinski definition) is 2. The van der Waals surface area contributed by atoms with Crippen LogP contribution in [0.5, 0.6) is 0 Å². The van der Waals surface area contributed by atoms with Crippen molar-refractivity contribution in [3.8, 4) is 0 Å². The van der Waals surface area contributed by atoms with Crippen LogP contribution in [-0.4, -0.2) is 47.6 Å². The minimum atomic E-state index is -0.367. The molecule has 0 saturated carbocycles. The largest absolute Gasteiger partial charge is 0.393 e. The van der Waals surface area contributed by atoms with Crippen LogP contribution in [0.3, 0.4) is 0 Å². The van der Waals surface area contributed by atoms with E-state index in [1.807, 2.05) is 39.5 Å². The fourth-order valence-electron chi connectivity index (χ4n) is 3.16. The summed E-state index contributed by atoms with van der Waals surface area (Å²) < 4.78 is 0. The predicted molar refractivity (Wildman–Crippen MR) is 91.8 cm³/mol. The van der Waals surface area contributed by atoms with Crippen LogP contribution in [0.15, 0.2) is 0 Å². The fourth-order valence-corrected chi connectivity index (χ4v) is 3.16. The molecular formula is C18H34N2O3. The van der Waals surface area contributed by atoms with Gasteiger partial charge in [-0.15, -0.1) is 0 Å². The van der Waals surface area contributed by atoms with E-state index in [1.165, 1.54) is 0 Å². The van der Waals surface area contributed by atoms with Gasteiger partial charge in [0.2, 0.25) is 11.8 Å². The number of nitrogens with zero attached hydrogens (tertiary/aromatic N) is 1. The minimum Gasteiger partial charge on any atom is -0.393 e. The molecule has 0 aromatic heterocycles. The van der Waals surface area contributed by atoms with Crippen LogP contribution >= 0.6 is 0 Å². The van der Waals surface area contributed by atoms with E-state index >= 15 is 0 Å². The molecule has 5 nitrogen and oxygen atoms in total. The van der Waals surface area contributed by atoms with Gasteiger partial charge in [-0.25, -0.2) is 0 Å². The lowest BCUT2D eigenvalue weighted by molar-refractivity contribution is -0.142. The molecule has 1 fully saturated rings. The molecule has 134 valence electrons. The second kappa shape index (κ2) is 7.65. The number of hydrogen-bond acceptors (Lipinski definition) is 3. The Bertz CT molecular complexity index is 416. The number of likely N-dealkylation sites (tertiary alicyclic amines) is 1. The SMILES string of the molecule is CC(O)CC(C)(C)CNC(=O)C1CCN(C(=O)C(C)(C)C)CC1. The van der Waals surface area contributed by atoms with E-state index < -0.39 is 0 Å². The van der Waals surface area contributed by atoms with Crippen molar-refractivity contribution >= 4 is 11.8 Å². The highest BCUT2D eigenvalue weighted by Gasteiger charge is 2.32. The first-order valence-electron chi connectivity index (χ1n) is 8.67. The van der Waals surface area contributed by atoms with E-state index in [0.29, 0.717) is 26.1 Å². The van der Waals surface area contributed by atoms with Crippen LogP contribution in [0.2, 0.25) is 0 Å². The molecule has 2 amide bonds. The van der Waals surface area contributed by atoms with Gasteiger partial charge in [-0.05, 0) is 31.6 Å². The van der Waals surface area contributed by atoms with Gasteiger partial charge in [0, 0.05) is 31.0 Å². The molecule has 23 heavy (non-hydrogen) atoms. The molecule has 1 saturated heterocycles. The molecule has 2 N–H and O–H groups in total. The Balaban J connectivity index is 2.42. The summed E-state index contributed by atoms with van der Waals surface area (Å²) in [6, 6.07) is 0. The number of nitrogens with one attached hydrogen (secondary N) is 1. The molecule has 0 aliphatic carbocycles. The Morgan fingerprint density at radius 2 is 1.70 bits per heavy atom. The van der Waals surface area contributed by atoms with E-state index in [0.717, 1.165) is 12.8 Å². The van der Waals surface area contributed by atoms with Crippen molar-refractivity contribution in [3.63, 3.8) is 0 Å². The second-order valence-electron chi connectivity index (χ2n) is 8.75. The molecular weight excluding hydrogens is 292 g/mol. The van der Waals surface area contributed by atoms with Gasteiger partial charge in [0.15, 0.2) is 0 Å². The normalized spacial score (nSPS) is 18.7.